The lowest BCUT2D eigenvalue weighted by Crippen LogP contribution is -1.93. The molecule has 0 aliphatic heterocycles. The van der Waals surface area contributed by atoms with E-state index < -0.39 is 5.97 Å². The van der Waals surface area contributed by atoms with Crippen LogP contribution in [0.15, 0.2) is 0 Å². The average molecular weight is 218 g/mol. The van der Waals surface area contributed by atoms with Crippen molar-refractivity contribution in [3.8, 4) is 0 Å². The molecular formula is C12H26O3. The van der Waals surface area contributed by atoms with Gasteiger partial charge < -0.3 is 10.2 Å². The van der Waals surface area contributed by atoms with Gasteiger partial charge in [0.1, 0.15) is 0 Å². The predicted octanol–water partition coefficient (Wildman–Crippen LogP) is 3.21. The van der Waals surface area contributed by atoms with Crippen LogP contribution >= 0.6 is 0 Å². The summed E-state index contributed by atoms with van der Waals surface area (Å²) in [6.07, 6.45) is 7.92. The summed E-state index contributed by atoms with van der Waals surface area (Å²) in [5.41, 5.74) is 0. The number of rotatable bonds is 8. The van der Waals surface area contributed by atoms with Gasteiger partial charge in [-0.1, -0.05) is 46.0 Å². The lowest BCUT2D eigenvalue weighted by Gasteiger charge is -1.95. The van der Waals surface area contributed by atoms with Gasteiger partial charge in [-0.15, -0.1) is 0 Å². The molecule has 3 heteroatoms. The zero-order valence-corrected chi connectivity index (χ0v) is 10.2. The van der Waals surface area contributed by atoms with Crippen LogP contribution in [0.4, 0.5) is 0 Å². The van der Waals surface area contributed by atoms with Crippen LogP contribution in [0.2, 0.25) is 0 Å². The Balaban J connectivity index is 0. The summed E-state index contributed by atoms with van der Waals surface area (Å²) in [7, 11) is 0. The minimum atomic E-state index is -0.670. The Morgan fingerprint density at radius 1 is 0.933 bits per heavy atom. The summed E-state index contributed by atoms with van der Waals surface area (Å²) >= 11 is 0. The third kappa shape index (κ3) is 24.7. The zero-order chi connectivity index (χ0) is 11.9. The van der Waals surface area contributed by atoms with E-state index in [1.807, 2.05) is 0 Å². The molecule has 0 aromatic heterocycles. The third-order valence-electron chi connectivity index (χ3n) is 2.01. The van der Waals surface area contributed by atoms with Gasteiger partial charge in [-0.25, -0.2) is 0 Å². The Morgan fingerprint density at radius 2 is 1.47 bits per heavy atom. The molecule has 0 amide bonds. The number of aliphatic hydroxyl groups excluding tert-OH is 1. The summed E-state index contributed by atoms with van der Waals surface area (Å²) in [5, 5.41) is 16.3. The van der Waals surface area contributed by atoms with E-state index in [9.17, 15) is 4.79 Å². The van der Waals surface area contributed by atoms with E-state index >= 15 is 0 Å². The van der Waals surface area contributed by atoms with Gasteiger partial charge in [0, 0.05) is 13.0 Å². The summed E-state index contributed by atoms with van der Waals surface area (Å²) < 4.78 is 0. The number of aliphatic carboxylic acids is 1. The van der Waals surface area contributed by atoms with Crippen molar-refractivity contribution in [2.24, 2.45) is 0 Å². The first-order chi connectivity index (χ1) is 7.18. The Bertz CT molecular complexity index is 122. The van der Waals surface area contributed by atoms with Crippen LogP contribution < -0.4 is 0 Å². The fourth-order valence-corrected chi connectivity index (χ4v) is 1.04. The van der Waals surface area contributed by atoms with Gasteiger partial charge in [-0.2, -0.15) is 0 Å². The van der Waals surface area contributed by atoms with Gasteiger partial charge in [0.05, 0.1) is 0 Å². The van der Waals surface area contributed by atoms with Crippen LogP contribution in [0.1, 0.15) is 65.2 Å². The van der Waals surface area contributed by atoms with Gasteiger partial charge in [0.15, 0.2) is 0 Å². The van der Waals surface area contributed by atoms with Gasteiger partial charge in [-0.05, 0) is 12.8 Å². The molecule has 0 atom stereocenters. The SMILES string of the molecule is CCCCCCCC(=O)O.CCCCO. The van der Waals surface area contributed by atoms with Crippen molar-refractivity contribution in [2.45, 2.75) is 65.2 Å². The summed E-state index contributed by atoms with van der Waals surface area (Å²) in [5.74, 6) is -0.670. The standard InChI is InChI=1S/C8H16O2.C4H10O/c1-2-3-4-5-6-7-8(9)10;1-2-3-4-5/h2-7H2,1H3,(H,9,10);5H,2-4H2,1H3. The van der Waals surface area contributed by atoms with Crippen LogP contribution in [0.25, 0.3) is 0 Å². The van der Waals surface area contributed by atoms with E-state index in [1.54, 1.807) is 0 Å². The van der Waals surface area contributed by atoms with E-state index in [2.05, 4.69) is 13.8 Å². The molecule has 0 aromatic rings. The van der Waals surface area contributed by atoms with E-state index in [0.29, 0.717) is 13.0 Å². The molecule has 0 spiro atoms. The quantitative estimate of drug-likeness (QED) is 0.615. The van der Waals surface area contributed by atoms with Gasteiger partial charge in [-0.3, -0.25) is 4.79 Å². The number of hydrogen-bond acceptors (Lipinski definition) is 2. The number of unbranched alkanes of at least 4 members (excludes halogenated alkanes) is 5. The molecule has 92 valence electrons. The number of aliphatic hydroxyl groups is 1. The number of hydrogen-bond donors (Lipinski definition) is 2. The summed E-state index contributed by atoms with van der Waals surface area (Å²) in [6, 6.07) is 0. The van der Waals surface area contributed by atoms with Crippen molar-refractivity contribution < 1.29 is 15.0 Å². The van der Waals surface area contributed by atoms with Crippen LogP contribution in [0, 0.1) is 0 Å². The van der Waals surface area contributed by atoms with Crippen LogP contribution in [-0.4, -0.2) is 22.8 Å². The molecule has 0 radical (unpaired) electrons. The predicted molar refractivity (Wildman–Crippen MR) is 63.0 cm³/mol. The highest BCUT2D eigenvalue weighted by Gasteiger charge is 1.94. The molecule has 0 saturated carbocycles. The molecule has 0 heterocycles. The van der Waals surface area contributed by atoms with Crippen molar-refractivity contribution in [1.29, 1.82) is 0 Å². The van der Waals surface area contributed by atoms with Crippen LogP contribution in [-0.2, 0) is 4.79 Å². The smallest absolute Gasteiger partial charge is 0.303 e. The zero-order valence-electron chi connectivity index (χ0n) is 10.2. The topological polar surface area (TPSA) is 57.5 Å². The van der Waals surface area contributed by atoms with Crippen molar-refractivity contribution in [3.05, 3.63) is 0 Å². The molecule has 15 heavy (non-hydrogen) atoms. The monoisotopic (exact) mass is 218 g/mol. The van der Waals surface area contributed by atoms with Gasteiger partial charge in [0.2, 0.25) is 0 Å². The molecular weight excluding hydrogens is 192 g/mol. The van der Waals surface area contributed by atoms with Crippen molar-refractivity contribution in [2.75, 3.05) is 6.61 Å². The van der Waals surface area contributed by atoms with E-state index in [4.69, 9.17) is 10.2 Å². The van der Waals surface area contributed by atoms with Crippen LogP contribution in [0.3, 0.4) is 0 Å². The van der Waals surface area contributed by atoms with Crippen molar-refractivity contribution >= 4 is 5.97 Å². The average Bonchev–Trinajstić information content (AvgIpc) is 2.19. The number of carboxylic acids is 1. The minimum Gasteiger partial charge on any atom is -0.481 e. The molecule has 0 saturated heterocycles. The number of carbonyl (C=O) groups is 1. The fraction of sp³-hybridized carbons (Fsp3) is 0.917. The normalized spacial score (nSPS) is 9.27. The maximum atomic E-state index is 10.0. The molecule has 0 fully saturated rings. The highest BCUT2D eigenvalue weighted by molar-refractivity contribution is 5.66. The van der Waals surface area contributed by atoms with E-state index in [1.165, 1.54) is 19.3 Å². The Labute approximate surface area is 93.5 Å². The fourth-order valence-electron chi connectivity index (χ4n) is 1.04. The van der Waals surface area contributed by atoms with Crippen molar-refractivity contribution in [1.82, 2.24) is 0 Å². The number of carboxylic acid groups (broad SMARTS) is 1. The van der Waals surface area contributed by atoms with Crippen molar-refractivity contribution in [3.63, 3.8) is 0 Å². The second-order valence-electron chi connectivity index (χ2n) is 3.64. The lowest BCUT2D eigenvalue weighted by molar-refractivity contribution is -0.137. The van der Waals surface area contributed by atoms with E-state index in [0.717, 1.165) is 25.7 Å². The molecule has 2 N–H and O–H groups in total. The second-order valence-corrected chi connectivity index (χ2v) is 3.64. The highest BCUT2D eigenvalue weighted by atomic mass is 16.4. The first kappa shape index (κ1) is 16.8. The maximum absolute atomic E-state index is 10.0. The summed E-state index contributed by atoms with van der Waals surface area (Å²) in [6.45, 7) is 4.55. The first-order valence-corrected chi connectivity index (χ1v) is 6.01. The maximum Gasteiger partial charge on any atom is 0.303 e. The first-order valence-electron chi connectivity index (χ1n) is 6.01. The summed E-state index contributed by atoms with van der Waals surface area (Å²) in [4.78, 5) is 10.0. The minimum absolute atomic E-state index is 0.337. The Hall–Kier alpha value is -0.570. The lowest BCUT2D eigenvalue weighted by atomic mass is 10.1. The molecule has 0 bridgehead atoms. The molecule has 0 aliphatic carbocycles. The van der Waals surface area contributed by atoms with Crippen LogP contribution in [0.5, 0.6) is 0 Å². The molecule has 0 unspecified atom stereocenters. The highest BCUT2D eigenvalue weighted by Crippen LogP contribution is 2.04. The van der Waals surface area contributed by atoms with E-state index in [-0.39, 0.29) is 0 Å². The van der Waals surface area contributed by atoms with Gasteiger partial charge >= 0.3 is 5.97 Å². The Morgan fingerprint density at radius 3 is 1.80 bits per heavy atom. The molecule has 0 aliphatic rings. The largest absolute Gasteiger partial charge is 0.481 e. The second kappa shape index (κ2) is 15.9. The molecule has 3 nitrogen and oxygen atoms in total. The third-order valence-corrected chi connectivity index (χ3v) is 2.01. The van der Waals surface area contributed by atoms with Gasteiger partial charge in [0.25, 0.3) is 0 Å². The molecule has 0 aromatic carbocycles. The molecule has 0 rings (SSSR count). The Kier molecular flexibility index (Phi) is 17.8.